The predicted octanol–water partition coefficient (Wildman–Crippen LogP) is 3.54. The third kappa shape index (κ3) is 2.60. The number of rotatable bonds is 2. The van der Waals surface area contributed by atoms with Crippen LogP contribution in [0.3, 0.4) is 0 Å². The van der Waals surface area contributed by atoms with Crippen LogP contribution in [0.5, 0.6) is 0 Å². The first-order valence-corrected chi connectivity index (χ1v) is 5.51. The summed E-state index contributed by atoms with van der Waals surface area (Å²) in [6.07, 6.45) is 1.28. The third-order valence-corrected chi connectivity index (χ3v) is 2.74. The summed E-state index contributed by atoms with van der Waals surface area (Å²) in [4.78, 5) is 11.8. The normalized spacial score (nSPS) is 10.3. The molecule has 0 unspecified atom stereocenters. The Balaban J connectivity index is 2.24. The molecule has 1 heterocycles. The maximum Gasteiger partial charge on any atom is 0.260 e. The molecule has 0 spiro atoms. The van der Waals surface area contributed by atoms with Crippen LogP contribution < -0.4 is 5.32 Å². The number of halogens is 2. The van der Waals surface area contributed by atoms with Gasteiger partial charge >= 0.3 is 0 Å². The molecule has 0 saturated heterocycles. The summed E-state index contributed by atoms with van der Waals surface area (Å²) in [5, 5.41) is 7.17. The largest absolute Gasteiger partial charge is 0.364 e. The standard InChI is InChI=1S/C11H8Cl2N2O2/c1-6-8(5-17-15-6)11(16)14-10-4-7(12)2-3-9(10)13/h2-5H,1H3,(H,14,16). The number of benzene rings is 1. The van der Waals surface area contributed by atoms with Crippen molar-refractivity contribution >= 4 is 34.8 Å². The quantitative estimate of drug-likeness (QED) is 0.908. The van der Waals surface area contributed by atoms with Gasteiger partial charge in [0.1, 0.15) is 11.8 Å². The number of aromatic nitrogens is 1. The van der Waals surface area contributed by atoms with Gasteiger partial charge in [0.2, 0.25) is 0 Å². The van der Waals surface area contributed by atoms with E-state index in [2.05, 4.69) is 15.0 Å². The summed E-state index contributed by atoms with van der Waals surface area (Å²) >= 11 is 11.7. The van der Waals surface area contributed by atoms with Crippen LogP contribution in [-0.2, 0) is 0 Å². The van der Waals surface area contributed by atoms with Gasteiger partial charge in [0.25, 0.3) is 5.91 Å². The molecule has 4 nitrogen and oxygen atoms in total. The second kappa shape index (κ2) is 4.77. The lowest BCUT2D eigenvalue weighted by Gasteiger charge is -2.06. The molecule has 0 radical (unpaired) electrons. The molecule has 17 heavy (non-hydrogen) atoms. The van der Waals surface area contributed by atoms with Crippen molar-refractivity contribution < 1.29 is 9.32 Å². The molecule has 0 aliphatic heterocycles. The molecule has 0 bridgehead atoms. The Morgan fingerprint density at radius 1 is 1.41 bits per heavy atom. The smallest absolute Gasteiger partial charge is 0.260 e. The minimum atomic E-state index is -0.340. The van der Waals surface area contributed by atoms with Crippen molar-refractivity contribution in [2.24, 2.45) is 0 Å². The number of carbonyl (C=O) groups is 1. The Kier molecular flexibility index (Phi) is 3.36. The second-order valence-corrected chi connectivity index (χ2v) is 4.24. The van der Waals surface area contributed by atoms with Gasteiger partial charge in [-0.1, -0.05) is 28.4 Å². The van der Waals surface area contributed by atoms with Gasteiger partial charge in [-0.25, -0.2) is 0 Å². The van der Waals surface area contributed by atoms with E-state index < -0.39 is 0 Å². The number of nitrogens with one attached hydrogen (secondary N) is 1. The van der Waals surface area contributed by atoms with Crippen molar-refractivity contribution in [2.75, 3.05) is 5.32 Å². The summed E-state index contributed by atoms with van der Waals surface area (Å²) in [7, 11) is 0. The van der Waals surface area contributed by atoms with Gasteiger partial charge < -0.3 is 9.84 Å². The fourth-order valence-electron chi connectivity index (χ4n) is 1.29. The molecular weight excluding hydrogens is 263 g/mol. The van der Waals surface area contributed by atoms with Crippen molar-refractivity contribution in [3.8, 4) is 0 Å². The highest BCUT2D eigenvalue weighted by molar-refractivity contribution is 6.35. The number of hydrogen-bond donors (Lipinski definition) is 1. The van der Waals surface area contributed by atoms with Gasteiger partial charge in [0.15, 0.2) is 0 Å². The summed E-state index contributed by atoms with van der Waals surface area (Å²) in [6.45, 7) is 1.68. The lowest BCUT2D eigenvalue weighted by molar-refractivity contribution is 0.102. The van der Waals surface area contributed by atoms with E-state index in [1.54, 1.807) is 25.1 Å². The number of amides is 1. The maximum atomic E-state index is 11.8. The Morgan fingerprint density at radius 2 is 2.18 bits per heavy atom. The molecule has 1 aromatic carbocycles. The van der Waals surface area contributed by atoms with E-state index in [1.165, 1.54) is 6.26 Å². The molecule has 0 fully saturated rings. The van der Waals surface area contributed by atoms with E-state index in [4.69, 9.17) is 23.2 Å². The van der Waals surface area contributed by atoms with Crippen molar-refractivity contribution in [2.45, 2.75) is 6.92 Å². The summed E-state index contributed by atoms with van der Waals surface area (Å²) < 4.78 is 4.69. The Bertz CT molecular complexity index is 566. The molecule has 0 atom stereocenters. The van der Waals surface area contributed by atoms with E-state index >= 15 is 0 Å². The van der Waals surface area contributed by atoms with Gasteiger partial charge in [-0.3, -0.25) is 4.79 Å². The first-order valence-electron chi connectivity index (χ1n) is 4.75. The minimum Gasteiger partial charge on any atom is -0.364 e. The summed E-state index contributed by atoms with van der Waals surface area (Å²) in [6, 6.07) is 4.83. The van der Waals surface area contributed by atoms with Crippen LogP contribution in [0.1, 0.15) is 16.1 Å². The Hall–Kier alpha value is -1.52. The highest BCUT2D eigenvalue weighted by Crippen LogP contribution is 2.26. The van der Waals surface area contributed by atoms with Gasteiger partial charge in [-0.05, 0) is 25.1 Å². The first kappa shape index (κ1) is 12.0. The van der Waals surface area contributed by atoms with E-state index in [-0.39, 0.29) is 5.91 Å². The summed E-state index contributed by atoms with van der Waals surface area (Å²) in [5.74, 6) is -0.340. The van der Waals surface area contributed by atoms with Crippen LogP contribution in [0.25, 0.3) is 0 Å². The van der Waals surface area contributed by atoms with Crippen LogP contribution in [-0.4, -0.2) is 11.1 Å². The number of anilines is 1. The van der Waals surface area contributed by atoms with Gasteiger partial charge in [-0.15, -0.1) is 0 Å². The highest BCUT2D eigenvalue weighted by atomic mass is 35.5. The fourth-order valence-corrected chi connectivity index (χ4v) is 1.63. The monoisotopic (exact) mass is 270 g/mol. The topological polar surface area (TPSA) is 55.1 Å². The van der Waals surface area contributed by atoms with Crippen molar-refractivity contribution in [1.82, 2.24) is 5.16 Å². The fraction of sp³-hybridized carbons (Fsp3) is 0.0909. The van der Waals surface area contributed by atoms with Crippen molar-refractivity contribution in [3.63, 3.8) is 0 Å². The molecule has 1 N–H and O–H groups in total. The lowest BCUT2D eigenvalue weighted by Crippen LogP contribution is -2.12. The molecular formula is C11H8Cl2N2O2. The maximum absolute atomic E-state index is 11.8. The second-order valence-electron chi connectivity index (χ2n) is 3.39. The van der Waals surface area contributed by atoms with Crippen LogP contribution >= 0.6 is 23.2 Å². The van der Waals surface area contributed by atoms with Gasteiger partial charge in [0.05, 0.1) is 16.4 Å². The van der Waals surface area contributed by atoms with Crippen molar-refractivity contribution in [1.29, 1.82) is 0 Å². The van der Waals surface area contributed by atoms with E-state index in [1.807, 2.05) is 0 Å². The average Bonchev–Trinajstić information content (AvgIpc) is 2.70. The number of aryl methyl sites for hydroxylation is 1. The molecule has 0 saturated carbocycles. The van der Waals surface area contributed by atoms with E-state index in [0.29, 0.717) is 27.0 Å². The molecule has 1 aromatic heterocycles. The Labute approximate surface area is 108 Å². The summed E-state index contributed by atoms with van der Waals surface area (Å²) in [5.41, 5.74) is 1.33. The van der Waals surface area contributed by atoms with Gasteiger partial charge in [0, 0.05) is 5.02 Å². The SMILES string of the molecule is Cc1nocc1C(=O)Nc1cc(Cl)ccc1Cl. The number of hydrogen-bond acceptors (Lipinski definition) is 3. The molecule has 0 aliphatic rings. The molecule has 6 heteroatoms. The lowest BCUT2D eigenvalue weighted by atomic mass is 10.2. The molecule has 0 aliphatic carbocycles. The zero-order valence-corrected chi connectivity index (χ0v) is 10.3. The average molecular weight is 271 g/mol. The molecule has 1 amide bonds. The number of carbonyl (C=O) groups excluding carboxylic acids is 1. The van der Waals surface area contributed by atoms with E-state index in [0.717, 1.165) is 0 Å². The van der Waals surface area contributed by atoms with Crippen LogP contribution in [0.2, 0.25) is 10.0 Å². The van der Waals surface area contributed by atoms with Crippen molar-refractivity contribution in [3.05, 3.63) is 45.8 Å². The minimum absolute atomic E-state index is 0.340. The van der Waals surface area contributed by atoms with E-state index in [9.17, 15) is 4.79 Å². The zero-order valence-electron chi connectivity index (χ0n) is 8.83. The van der Waals surface area contributed by atoms with Gasteiger partial charge in [-0.2, -0.15) is 0 Å². The van der Waals surface area contributed by atoms with Crippen LogP contribution in [0.4, 0.5) is 5.69 Å². The van der Waals surface area contributed by atoms with Crippen LogP contribution in [0, 0.1) is 6.92 Å². The highest BCUT2D eigenvalue weighted by Gasteiger charge is 2.14. The number of nitrogens with zero attached hydrogens (tertiary/aromatic N) is 1. The zero-order chi connectivity index (χ0) is 12.4. The first-order chi connectivity index (χ1) is 8.08. The predicted molar refractivity (Wildman–Crippen MR) is 65.7 cm³/mol. The molecule has 2 aromatic rings. The molecule has 88 valence electrons. The van der Waals surface area contributed by atoms with Crippen LogP contribution in [0.15, 0.2) is 29.0 Å². The Morgan fingerprint density at radius 3 is 2.82 bits per heavy atom. The molecule has 2 rings (SSSR count). The third-order valence-electron chi connectivity index (χ3n) is 2.17.